The molecule has 0 atom stereocenters. The number of furan rings is 1. The van der Waals surface area contributed by atoms with Crippen LogP contribution in [0.25, 0.3) is 93.6 Å². The molecule has 3 nitrogen and oxygen atoms in total. The van der Waals surface area contributed by atoms with Crippen molar-refractivity contribution in [3.8, 4) is 39.1 Å². The third kappa shape index (κ3) is 5.74. The van der Waals surface area contributed by atoms with E-state index >= 15 is 0 Å². The van der Waals surface area contributed by atoms with Crippen molar-refractivity contribution in [1.82, 2.24) is 4.57 Å². The summed E-state index contributed by atoms with van der Waals surface area (Å²) in [7, 11) is 0. The standard InChI is InChI=1S/C58H38N2O/c1-3-16-39(17-4-1)40-30-32-43(33-31-40)59(51-27-12-9-23-47(51)42-18-5-2-6-19-42)44-34-36-45(37-35-44)60-52-28-13-10-24-49(52)56-53(60)38-55-57(50-25-11-14-29-54(50)61-55)58(56)48-26-15-21-41-20-7-8-22-46(41)48/h1-38H. The second kappa shape index (κ2) is 14.3. The zero-order valence-corrected chi connectivity index (χ0v) is 33.2. The van der Waals surface area contributed by atoms with Gasteiger partial charge in [0.1, 0.15) is 11.2 Å². The molecule has 0 amide bonds. The van der Waals surface area contributed by atoms with E-state index in [1.807, 2.05) is 0 Å². The number of anilines is 3. The lowest BCUT2D eigenvalue weighted by molar-refractivity contribution is 0.669. The van der Waals surface area contributed by atoms with Gasteiger partial charge < -0.3 is 13.9 Å². The van der Waals surface area contributed by atoms with Crippen LogP contribution in [-0.2, 0) is 0 Å². The van der Waals surface area contributed by atoms with Gasteiger partial charge in [-0.1, -0.05) is 170 Å². The lowest BCUT2D eigenvalue weighted by Gasteiger charge is -2.28. The van der Waals surface area contributed by atoms with Crippen LogP contribution in [-0.4, -0.2) is 4.57 Å². The van der Waals surface area contributed by atoms with Crippen molar-refractivity contribution in [2.24, 2.45) is 0 Å². The zero-order chi connectivity index (χ0) is 40.3. The van der Waals surface area contributed by atoms with Crippen LogP contribution in [0.5, 0.6) is 0 Å². The van der Waals surface area contributed by atoms with Gasteiger partial charge >= 0.3 is 0 Å². The molecule has 0 saturated heterocycles. The molecule has 286 valence electrons. The summed E-state index contributed by atoms with van der Waals surface area (Å²) in [4.78, 5) is 2.38. The maximum absolute atomic E-state index is 6.73. The van der Waals surface area contributed by atoms with Gasteiger partial charge in [-0.3, -0.25) is 0 Å². The molecule has 0 spiro atoms. The molecule has 0 unspecified atom stereocenters. The van der Waals surface area contributed by atoms with Crippen molar-refractivity contribution in [3.05, 3.63) is 231 Å². The first-order valence-corrected chi connectivity index (χ1v) is 20.8. The molecular formula is C58H38N2O. The monoisotopic (exact) mass is 778 g/mol. The van der Waals surface area contributed by atoms with Crippen molar-refractivity contribution < 1.29 is 4.42 Å². The summed E-state index contributed by atoms with van der Waals surface area (Å²) in [5.41, 5.74) is 15.5. The predicted molar refractivity (Wildman–Crippen MR) is 257 cm³/mol. The van der Waals surface area contributed by atoms with Gasteiger partial charge in [0.15, 0.2) is 0 Å². The van der Waals surface area contributed by atoms with E-state index in [1.54, 1.807) is 0 Å². The fraction of sp³-hybridized carbons (Fsp3) is 0. The highest BCUT2D eigenvalue weighted by atomic mass is 16.3. The minimum Gasteiger partial charge on any atom is -0.456 e. The number of nitrogens with zero attached hydrogens (tertiary/aromatic N) is 2. The highest BCUT2D eigenvalue weighted by molar-refractivity contribution is 6.28. The van der Waals surface area contributed by atoms with Crippen molar-refractivity contribution >= 4 is 71.6 Å². The number of para-hydroxylation sites is 3. The molecule has 2 heterocycles. The Hall–Kier alpha value is -8.14. The van der Waals surface area contributed by atoms with Gasteiger partial charge in [-0.05, 0) is 87.6 Å². The predicted octanol–water partition coefficient (Wildman–Crippen LogP) is 16.3. The van der Waals surface area contributed by atoms with Gasteiger partial charge in [-0.25, -0.2) is 0 Å². The van der Waals surface area contributed by atoms with Gasteiger partial charge in [0.05, 0.1) is 16.7 Å². The summed E-state index contributed by atoms with van der Waals surface area (Å²) in [5, 5.41) is 7.11. The molecule has 2 aromatic heterocycles. The van der Waals surface area contributed by atoms with Crippen molar-refractivity contribution in [2.75, 3.05) is 4.90 Å². The van der Waals surface area contributed by atoms with Crippen LogP contribution in [0, 0.1) is 0 Å². The van der Waals surface area contributed by atoms with E-state index in [2.05, 4.69) is 240 Å². The number of aromatic nitrogens is 1. The molecule has 0 saturated carbocycles. The minimum absolute atomic E-state index is 0.875. The van der Waals surface area contributed by atoms with Crippen LogP contribution < -0.4 is 4.90 Å². The van der Waals surface area contributed by atoms with Gasteiger partial charge in [0.2, 0.25) is 0 Å². The van der Waals surface area contributed by atoms with E-state index in [0.29, 0.717) is 0 Å². The topological polar surface area (TPSA) is 21.3 Å². The Labute approximate surface area is 353 Å². The van der Waals surface area contributed by atoms with Crippen LogP contribution in [0.4, 0.5) is 17.1 Å². The highest BCUT2D eigenvalue weighted by Gasteiger charge is 2.24. The Bertz CT molecular complexity index is 3560. The SMILES string of the molecule is c1ccc(-c2ccc(N(c3ccc(-n4c5ccccc5c5c(-c6cccc7ccccc67)c6c(cc54)oc4ccccc46)cc3)c3ccccc3-c3ccccc3)cc2)cc1. The number of benzene rings is 10. The van der Waals surface area contributed by atoms with E-state index in [-0.39, 0.29) is 0 Å². The molecule has 0 aliphatic heterocycles. The Kier molecular flexibility index (Phi) is 8.17. The average Bonchev–Trinajstić information content (AvgIpc) is 3.87. The fourth-order valence-electron chi connectivity index (χ4n) is 9.47. The Morgan fingerprint density at radius 3 is 1.72 bits per heavy atom. The summed E-state index contributed by atoms with van der Waals surface area (Å²) in [6.45, 7) is 0. The molecule has 0 aliphatic rings. The second-order valence-electron chi connectivity index (χ2n) is 15.6. The summed E-state index contributed by atoms with van der Waals surface area (Å²) in [6.07, 6.45) is 0. The summed E-state index contributed by atoms with van der Waals surface area (Å²) >= 11 is 0. The first-order chi connectivity index (χ1) is 30.3. The minimum atomic E-state index is 0.875. The smallest absolute Gasteiger partial charge is 0.138 e. The van der Waals surface area contributed by atoms with E-state index in [0.717, 1.165) is 61.3 Å². The van der Waals surface area contributed by atoms with E-state index in [4.69, 9.17) is 4.42 Å². The van der Waals surface area contributed by atoms with E-state index < -0.39 is 0 Å². The molecule has 0 aliphatic carbocycles. The number of rotatable bonds is 7. The first-order valence-electron chi connectivity index (χ1n) is 20.8. The average molecular weight is 779 g/mol. The highest BCUT2D eigenvalue weighted by Crippen LogP contribution is 2.48. The van der Waals surface area contributed by atoms with Gasteiger partial charge in [0.25, 0.3) is 0 Å². The summed E-state index contributed by atoms with van der Waals surface area (Å²) < 4.78 is 9.14. The fourth-order valence-corrected chi connectivity index (χ4v) is 9.47. The van der Waals surface area contributed by atoms with Crippen LogP contribution in [0.1, 0.15) is 0 Å². The van der Waals surface area contributed by atoms with E-state index in [9.17, 15) is 0 Å². The summed E-state index contributed by atoms with van der Waals surface area (Å²) in [6, 6.07) is 82.7. The molecule has 61 heavy (non-hydrogen) atoms. The molecule has 10 aromatic carbocycles. The molecule has 12 rings (SSSR count). The van der Waals surface area contributed by atoms with Gasteiger partial charge in [0, 0.05) is 55.8 Å². The largest absolute Gasteiger partial charge is 0.456 e. The lowest BCUT2D eigenvalue weighted by atomic mass is 9.91. The second-order valence-corrected chi connectivity index (χ2v) is 15.6. The zero-order valence-electron chi connectivity index (χ0n) is 33.2. The molecule has 12 aromatic rings. The van der Waals surface area contributed by atoms with Crippen molar-refractivity contribution in [3.63, 3.8) is 0 Å². The maximum Gasteiger partial charge on any atom is 0.138 e. The molecule has 0 fully saturated rings. The molecular weight excluding hydrogens is 741 g/mol. The molecule has 3 heteroatoms. The van der Waals surface area contributed by atoms with Crippen molar-refractivity contribution in [2.45, 2.75) is 0 Å². The first kappa shape index (κ1) is 34.9. The molecule has 0 N–H and O–H groups in total. The number of hydrogen-bond donors (Lipinski definition) is 0. The van der Waals surface area contributed by atoms with E-state index in [1.165, 1.54) is 49.4 Å². The van der Waals surface area contributed by atoms with Crippen molar-refractivity contribution in [1.29, 1.82) is 0 Å². The van der Waals surface area contributed by atoms with Crippen LogP contribution >= 0.6 is 0 Å². The third-order valence-electron chi connectivity index (χ3n) is 12.2. The number of hydrogen-bond acceptors (Lipinski definition) is 2. The molecule has 0 radical (unpaired) electrons. The number of fused-ring (bicyclic) bond motifs is 7. The lowest BCUT2D eigenvalue weighted by Crippen LogP contribution is -2.11. The maximum atomic E-state index is 6.73. The van der Waals surface area contributed by atoms with Gasteiger partial charge in [-0.15, -0.1) is 0 Å². The Morgan fingerprint density at radius 1 is 0.361 bits per heavy atom. The van der Waals surface area contributed by atoms with Crippen LogP contribution in [0.3, 0.4) is 0 Å². The summed E-state index contributed by atoms with van der Waals surface area (Å²) in [5.74, 6) is 0. The molecule has 0 bridgehead atoms. The quantitative estimate of drug-likeness (QED) is 0.161. The van der Waals surface area contributed by atoms with Crippen LogP contribution in [0.2, 0.25) is 0 Å². The Morgan fingerprint density at radius 2 is 0.934 bits per heavy atom. The Balaban J connectivity index is 1.08. The van der Waals surface area contributed by atoms with Gasteiger partial charge in [-0.2, -0.15) is 0 Å². The normalized spacial score (nSPS) is 11.6. The van der Waals surface area contributed by atoms with Crippen LogP contribution in [0.15, 0.2) is 235 Å². The third-order valence-corrected chi connectivity index (χ3v) is 12.2.